The summed E-state index contributed by atoms with van der Waals surface area (Å²) in [4.78, 5) is 4.26. The van der Waals surface area contributed by atoms with Crippen molar-refractivity contribution in [1.29, 1.82) is 0 Å². The molecule has 2 aromatic rings. The van der Waals surface area contributed by atoms with Crippen molar-refractivity contribution in [3.05, 3.63) is 60.4 Å². The molecule has 0 unspecified atom stereocenters. The maximum Gasteiger partial charge on any atom is 0.0630 e. The number of nitrogens with zero attached hydrogens (tertiary/aromatic N) is 1. The lowest BCUT2D eigenvalue weighted by Gasteiger charge is -2.06. The van der Waals surface area contributed by atoms with Gasteiger partial charge in [-0.1, -0.05) is 36.9 Å². The van der Waals surface area contributed by atoms with Crippen molar-refractivity contribution in [2.45, 2.75) is 6.92 Å². The average Bonchev–Trinajstić information content (AvgIpc) is 2.31. The molecule has 0 saturated heterocycles. The normalized spacial score (nSPS) is 9.93. The summed E-state index contributed by atoms with van der Waals surface area (Å²) in [6, 6.07) is 12.4. The van der Waals surface area contributed by atoms with Crippen molar-refractivity contribution in [2.75, 3.05) is 0 Å². The van der Waals surface area contributed by atoms with Gasteiger partial charge in [-0.2, -0.15) is 0 Å². The predicted octanol–water partition coefficient (Wildman–Crippen LogP) is 3.70. The molecule has 0 fully saturated rings. The average molecular weight is 195 g/mol. The van der Waals surface area contributed by atoms with Gasteiger partial charge in [-0.3, -0.25) is 4.98 Å². The monoisotopic (exact) mass is 195 g/mol. The first-order chi connectivity index (χ1) is 7.31. The maximum atomic E-state index is 4.26. The van der Waals surface area contributed by atoms with E-state index in [0.717, 1.165) is 5.69 Å². The number of hydrogen-bond donors (Lipinski definition) is 0. The van der Waals surface area contributed by atoms with Crippen molar-refractivity contribution in [3.63, 3.8) is 0 Å². The van der Waals surface area contributed by atoms with Gasteiger partial charge >= 0.3 is 0 Å². The van der Waals surface area contributed by atoms with E-state index in [0.29, 0.717) is 0 Å². The highest BCUT2D eigenvalue weighted by Gasteiger charge is 2.01. The highest BCUT2D eigenvalue weighted by atomic mass is 14.7. The molecule has 0 aliphatic rings. The van der Waals surface area contributed by atoms with E-state index in [1.807, 2.05) is 24.4 Å². The SMILES string of the molecule is C=Cc1cc(-c2ccccc2)c(C)cn1. The standard InChI is InChI=1S/C14H13N/c1-3-13-9-14(11(2)10-15-13)12-7-5-4-6-8-12/h3-10H,1H2,2H3. The van der Waals surface area contributed by atoms with Crippen molar-refractivity contribution in [2.24, 2.45) is 0 Å². The van der Waals surface area contributed by atoms with Gasteiger partial charge < -0.3 is 0 Å². The van der Waals surface area contributed by atoms with Gasteiger partial charge in [0.05, 0.1) is 5.69 Å². The Kier molecular flexibility index (Phi) is 2.64. The summed E-state index contributed by atoms with van der Waals surface area (Å²) in [6.45, 7) is 5.80. The topological polar surface area (TPSA) is 12.9 Å². The zero-order chi connectivity index (χ0) is 10.7. The smallest absolute Gasteiger partial charge is 0.0630 e. The minimum Gasteiger partial charge on any atom is -0.257 e. The molecule has 0 amide bonds. The first-order valence-electron chi connectivity index (χ1n) is 4.96. The molecule has 1 nitrogen and oxygen atoms in total. The van der Waals surface area contributed by atoms with E-state index >= 15 is 0 Å². The summed E-state index contributed by atoms with van der Waals surface area (Å²) < 4.78 is 0. The largest absolute Gasteiger partial charge is 0.257 e. The fraction of sp³-hybridized carbons (Fsp3) is 0.0714. The maximum absolute atomic E-state index is 4.26. The highest BCUT2D eigenvalue weighted by Crippen LogP contribution is 2.23. The van der Waals surface area contributed by atoms with Gasteiger partial charge in [0.25, 0.3) is 0 Å². The van der Waals surface area contributed by atoms with Crippen LogP contribution in [0.15, 0.2) is 49.2 Å². The Morgan fingerprint density at radius 3 is 2.60 bits per heavy atom. The Morgan fingerprint density at radius 1 is 1.20 bits per heavy atom. The van der Waals surface area contributed by atoms with E-state index in [2.05, 4.69) is 36.7 Å². The second-order valence-electron chi connectivity index (χ2n) is 3.49. The number of benzene rings is 1. The minimum absolute atomic E-state index is 0.916. The second kappa shape index (κ2) is 4.09. The van der Waals surface area contributed by atoms with Gasteiger partial charge in [-0.05, 0) is 35.8 Å². The molecule has 1 heteroatoms. The van der Waals surface area contributed by atoms with Crippen molar-refractivity contribution >= 4 is 6.08 Å². The summed E-state index contributed by atoms with van der Waals surface area (Å²) in [6.07, 6.45) is 3.66. The molecule has 74 valence electrons. The van der Waals surface area contributed by atoms with E-state index in [1.54, 1.807) is 6.08 Å². The fourth-order valence-electron chi connectivity index (χ4n) is 1.58. The molecule has 0 radical (unpaired) electrons. The van der Waals surface area contributed by atoms with Crippen LogP contribution in [0.3, 0.4) is 0 Å². The Balaban J connectivity index is 2.57. The number of rotatable bonds is 2. The van der Waals surface area contributed by atoms with Crippen LogP contribution < -0.4 is 0 Å². The molecular formula is C14H13N. The van der Waals surface area contributed by atoms with Crippen molar-refractivity contribution in [3.8, 4) is 11.1 Å². The van der Waals surface area contributed by atoms with Gasteiger partial charge in [-0.15, -0.1) is 0 Å². The van der Waals surface area contributed by atoms with E-state index in [1.165, 1.54) is 16.7 Å². The van der Waals surface area contributed by atoms with Gasteiger partial charge in [-0.25, -0.2) is 0 Å². The highest BCUT2D eigenvalue weighted by molar-refractivity contribution is 5.68. The predicted molar refractivity (Wildman–Crippen MR) is 64.5 cm³/mol. The van der Waals surface area contributed by atoms with Crippen molar-refractivity contribution < 1.29 is 0 Å². The minimum atomic E-state index is 0.916. The first kappa shape index (κ1) is 9.66. The van der Waals surface area contributed by atoms with Crippen LogP contribution in [0.2, 0.25) is 0 Å². The van der Waals surface area contributed by atoms with Gasteiger partial charge in [0.2, 0.25) is 0 Å². The Labute approximate surface area is 90.1 Å². The Bertz CT molecular complexity index is 472. The van der Waals surface area contributed by atoms with Crippen LogP contribution in [0.4, 0.5) is 0 Å². The summed E-state index contributed by atoms with van der Waals surface area (Å²) in [5.41, 5.74) is 4.55. The Hall–Kier alpha value is -1.89. The summed E-state index contributed by atoms with van der Waals surface area (Å²) in [5.74, 6) is 0. The number of aryl methyl sites for hydroxylation is 1. The summed E-state index contributed by atoms with van der Waals surface area (Å²) in [5, 5.41) is 0. The fourth-order valence-corrected chi connectivity index (χ4v) is 1.58. The van der Waals surface area contributed by atoms with Gasteiger partial charge in [0.15, 0.2) is 0 Å². The van der Waals surface area contributed by atoms with Crippen LogP contribution in [0.25, 0.3) is 17.2 Å². The van der Waals surface area contributed by atoms with E-state index in [4.69, 9.17) is 0 Å². The Morgan fingerprint density at radius 2 is 1.93 bits per heavy atom. The molecule has 0 N–H and O–H groups in total. The van der Waals surface area contributed by atoms with E-state index in [9.17, 15) is 0 Å². The van der Waals surface area contributed by atoms with Gasteiger partial charge in [0, 0.05) is 6.20 Å². The molecule has 0 bridgehead atoms. The third-order valence-electron chi connectivity index (χ3n) is 2.42. The van der Waals surface area contributed by atoms with Crippen LogP contribution in [-0.2, 0) is 0 Å². The quantitative estimate of drug-likeness (QED) is 0.712. The molecule has 1 aromatic carbocycles. The van der Waals surface area contributed by atoms with Crippen LogP contribution in [0, 0.1) is 6.92 Å². The molecule has 0 saturated carbocycles. The van der Waals surface area contributed by atoms with Crippen LogP contribution >= 0.6 is 0 Å². The number of pyridine rings is 1. The molecule has 1 aromatic heterocycles. The van der Waals surface area contributed by atoms with Gasteiger partial charge in [0.1, 0.15) is 0 Å². The van der Waals surface area contributed by atoms with E-state index in [-0.39, 0.29) is 0 Å². The third kappa shape index (κ3) is 1.96. The molecule has 0 aliphatic heterocycles. The lowest BCUT2D eigenvalue weighted by molar-refractivity contribution is 1.25. The number of aromatic nitrogens is 1. The first-order valence-corrected chi connectivity index (χ1v) is 4.96. The molecule has 0 atom stereocenters. The number of hydrogen-bond acceptors (Lipinski definition) is 1. The molecule has 1 heterocycles. The van der Waals surface area contributed by atoms with Crippen LogP contribution in [-0.4, -0.2) is 4.98 Å². The molecule has 0 aliphatic carbocycles. The zero-order valence-corrected chi connectivity index (χ0v) is 8.77. The molecule has 2 rings (SSSR count). The summed E-state index contributed by atoms with van der Waals surface area (Å²) in [7, 11) is 0. The zero-order valence-electron chi connectivity index (χ0n) is 8.77. The lowest BCUT2D eigenvalue weighted by Crippen LogP contribution is -1.87. The van der Waals surface area contributed by atoms with Crippen LogP contribution in [0.1, 0.15) is 11.3 Å². The molecule has 15 heavy (non-hydrogen) atoms. The third-order valence-corrected chi connectivity index (χ3v) is 2.42. The molecular weight excluding hydrogens is 182 g/mol. The lowest BCUT2D eigenvalue weighted by atomic mass is 10.0. The van der Waals surface area contributed by atoms with E-state index < -0.39 is 0 Å². The van der Waals surface area contributed by atoms with Crippen molar-refractivity contribution in [1.82, 2.24) is 4.98 Å². The molecule has 0 spiro atoms. The van der Waals surface area contributed by atoms with Crippen LogP contribution in [0.5, 0.6) is 0 Å². The summed E-state index contributed by atoms with van der Waals surface area (Å²) >= 11 is 0. The second-order valence-corrected chi connectivity index (χ2v) is 3.49.